The molecule has 1 fully saturated rings. The van der Waals surface area contributed by atoms with Crippen LogP contribution in [-0.2, 0) is 42.9 Å². The summed E-state index contributed by atoms with van der Waals surface area (Å²) in [5.41, 5.74) is 0.961. The number of aromatic nitrogens is 1. The van der Waals surface area contributed by atoms with Crippen LogP contribution in [0.3, 0.4) is 0 Å². The van der Waals surface area contributed by atoms with Gasteiger partial charge in [-0.2, -0.15) is 0 Å². The van der Waals surface area contributed by atoms with Gasteiger partial charge in [-0.05, 0) is 36.4 Å². The van der Waals surface area contributed by atoms with Crippen molar-refractivity contribution in [2.45, 2.75) is 58.3 Å². The van der Waals surface area contributed by atoms with E-state index in [4.69, 9.17) is 28.1 Å². The van der Waals surface area contributed by atoms with Crippen molar-refractivity contribution < 1.29 is 56.5 Å². The zero-order chi connectivity index (χ0) is 31.7. The molecule has 0 amide bonds. The average molecular weight is 610 g/mol. The number of esters is 4. The maximum absolute atomic E-state index is 15.5. The molecule has 5 atom stereocenters. The molecule has 12 nitrogen and oxygen atoms in total. The summed E-state index contributed by atoms with van der Waals surface area (Å²) in [4.78, 5) is 62.2. The second-order valence-corrected chi connectivity index (χ2v) is 10.2. The van der Waals surface area contributed by atoms with Gasteiger partial charge in [0.05, 0.1) is 17.3 Å². The first-order valence-electron chi connectivity index (χ1n) is 13.6. The van der Waals surface area contributed by atoms with Crippen LogP contribution in [-0.4, -0.2) is 65.3 Å². The smallest absolute Gasteiger partial charge is 0.303 e. The van der Waals surface area contributed by atoms with Crippen molar-refractivity contribution in [1.82, 2.24) is 4.57 Å². The van der Waals surface area contributed by atoms with Gasteiger partial charge in [0, 0.05) is 50.2 Å². The summed E-state index contributed by atoms with van der Waals surface area (Å²) in [5, 5.41) is 0.622. The monoisotopic (exact) mass is 609 g/mol. The van der Waals surface area contributed by atoms with Crippen molar-refractivity contribution in [2.24, 2.45) is 0 Å². The molecule has 5 rings (SSSR count). The highest BCUT2D eigenvalue weighted by Gasteiger charge is 2.53. The molecular formula is C31H28FNO11. The topological polar surface area (TPSA) is 150 Å². The summed E-state index contributed by atoms with van der Waals surface area (Å²) in [6.07, 6.45) is -4.08. The lowest BCUT2D eigenvalue weighted by molar-refractivity contribution is -0.267. The Morgan fingerprint density at radius 3 is 2.20 bits per heavy atom. The fraction of sp³-hybridized carbons (Fsp3) is 0.323. The zero-order valence-electron chi connectivity index (χ0n) is 24.1. The van der Waals surface area contributed by atoms with E-state index in [0.29, 0.717) is 11.0 Å². The van der Waals surface area contributed by atoms with Crippen molar-refractivity contribution in [1.29, 1.82) is 0 Å². The Balaban J connectivity index is 1.67. The lowest BCUT2D eigenvalue weighted by Crippen LogP contribution is -2.60. The number of nitrogens with zero attached hydrogens (tertiary/aromatic N) is 1. The second kappa shape index (κ2) is 12.3. The highest BCUT2D eigenvalue weighted by atomic mass is 19.1. The number of hydrogen-bond donors (Lipinski definition) is 0. The summed E-state index contributed by atoms with van der Waals surface area (Å²) in [6.45, 7) is 4.05. The van der Waals surface area contributed by atoms with E-state index in [2.05, 4.69) is 0 Å². The third-order valence-electron chi connectivity index (χ3n) is 7.01. The van der Waals surface area contributed by atoms with Crippen molar-refractivity contribution in [3.63, 3.8) is 0 Å². The normalized spacial score (nSPS) is 21.5. The van der Waals surface area contributed by atoms with E-state index in [1.165, 1.54) is 35.2 Å². The molecule has 0 aliphatic carbocycles. The SMILES string of the molecule is CC(=O)OC[C@H]1O[C@@H](n2cc(C(=O)c3ccc4occc4c3)c3c(F)cccc32)[C@H](OC(C)=O)[C@@H](OC(C)=O)[C@@H]1OC(C)=O. The van der Waals surface area contributed by atoms with E-state index in [9.17, 15) is 24.0 Å². The van der Waals surface area contributed by atoms with Gasteiger partial charge in [-0.3, -0.25) is 24.0 Å². The van der Waals surface area contributed by atoms with Crippen LogP contribution in [0.4, 0.5) is 4.39 Å². The standard InChI is InChI=1S/C31H28FNO11/c1-15(34)40-14-25-28(41-16(2)35)29(42-17(3)36)30(43-18(4)37)31(44-25)33-13-21(26-22(32)6-5-7-23(26)33)27(38)20-8-9-24-19(12-20)10-11-39-24/h5-13,25,28-31H,14H2,1-4H3/t25-,28-,29+,30-,31-/m1/s1. The molecule has 0 spiro atoms. The van der Waals surface area contributed by atoms with Crippen LogP contribution in [0, 0.1) is 5.82 Å². The van der Waals surface area contributed by atoms with Crippen LogP contribution in [0.25, 0.3) is 21.9 Å². The molecule has 2 aromatic heterocycles. The first kappa shape index (κ1) is 30.4. The largest absolute Gasteiger partial charge is 0.464 e. The Morgan fingerprint density at radius 2 is 1.52 bits per heavy atom. The Kier molecular flexibility index (Phi) is 8.50. The van der Waals surface area contributed by atoms with Crippen LogP contribution in [0.1, 0.15) is 49.8 Å². The van der Waals surface area contributed by atoms with Gasteiger partial charge in [-0.25, -0.2) is 4.39 Å². The molecule has 0 saturated carbocycles. The van der Waals surface area contributed by atoms with Crippen LogP contribution in [0.5, 0.6) is 0 Å². The first-order valence-corrected chi connectivity index (χ1v) is 13.6. The molecule has 4 aromatic rings. The predicted molar refractivity (Wildman–Crippen MR) is 149 cm³/mol. The highest BCUT2D eigenvalue weighted by Crippen LogP contribution is 2.38. The fourth-order valence-electron chi connectivity index (χ4n) is 5.34. The minimum absolute atomic E-state index is 0.0335. The van der Waals surface area contributed by atoms with Gasteiger partial charge < -0.3 is 32.7 Å². The number of carbonyl (C=O) groups is 5. The maximum Gasteiger partial charge on any atom is 0.303 e. The molecule has 44 heavy (non-hydrogen) atoms. The van der Waals surface area contributed by atoms with E-state index in [1.807, 2.05) is 0 Å². The number of carbonyl (C=O) groups excluding carboxylic acids is 5. The highest BCUT2D eigenvalue weighted by molar-refractivity contribution is 6.17. The number of fused-ring (bicyclic) bond motifs is 2. The number of ether oxygens (including phenoxy) is 5. The molecule has 1 aliphatic rings. The number of halogens is 1. The zero-order valence-corrected chi connectivity index (χ0v) is 24.1. The Hall–Kier alpha value is -5.04. The molecule has 0 N–H and O–H groups in total. The number of hydrogen-bond acceptors (Lipinski definition) is 11. The van der Waals surface area contributed by atoms with Gasteiger partial charge in [-0.15, -0.1) is 0 Å². The Labute approximate surface area is 249 Å². The average Bonchev–Trinajstić information content (AvgIpc) is 3.58. The summed E-state index contributed by atoms with van der Waals surface area (Å²) in [6, 6.07) is 10.6. The van der Waals surface area contributed by atoms with Gasteiger partial charge in [0.25, 0.3) is 0 Å². The molecule has 0 radical (unpaired) electrons. The number of benzene rings is 2. The fourth-order valence-corrected chi connectivity index (χ4v) is 5.34. The summed E-state index contributed by atoms with van der Waals surface area (Å²) >= 11 is 0. The summed E-state index contributed by atoms with van der Waals surface area (Å²) in [7, 11) is 0. The van der Waals surface area contributed by atoms with Crippen molar-refractivity contribution in [2.75, 3.05) is 6.61 Å². The molecule has 3 heterocycles. The maximum atomic E-state index is 15.5. The van der Waals surface area contributed by atoms with Crippen LogP contribution < -0.4 is 0 Å². The number of furan rings is 1. The van der Waals surface area contributed by atoms with Crippen LogP contribution in [0.15, 0.2) is 59.3 Å². The third-order valence-corrected chi connectivity index (χ3v) is 7.01. The van der Waals surface area contributed by atoms with Crippen molar-refractivity contribution in [3.05, 3.63) is 71.9 Å². The van der Waals surface area contributed by atoms with Crippen LogP contribution in [0.2, 0.25) is 0 Å². The number of ketones is 1. The molecule has 230 valence electrons. The van der Waals surface area contributed by atoms with E-state index < -0.39 is 72.7 Å². The van der Waals surface area contributed by atoms with Gasteiger partial charge in [0.15, 0.2) is 30.3 Å². The molecule has 13 heteroatoms. The lowest BCUT2D eigenvalue weighted by atomic mass is 9.97. The first-order chi connectivity index (χ1) is 20.9. The third kappa shape index (κ3) is 6.04. The van der Waals surface area contributed by atoms with Crippen molar-refractivity contribution in [3.8, 4) is 0 Å². The van der Waals surface area contributed by atoms with E-state index >= 15 is 4.39 Å². The number of rotatable bonds is 8. The van der Waals surface area contributed by atoms with Gasteiger partial charge in [-0.1, -0.05) is 6.07 Å². The molecule has 2 aromatic carbocycles. The van der Waals surface area contributed by atoms with Gasteiger partial charge in [0.2, 0.25) is 0 Å². The van der Waals surface area contributed by atoms with Gasteiger partial charge >= 0.3 is 23.9 Å². The Morgan fingerprint density at radius 1 is 0.841 bits per heavy atom. The molecular weight excluding hydrogens is 581 g/mol. The molecule has 0 unspecified atom stereocenters. The molecule has 1 aliphatic heterocycles. The molecule has 1 saturated heterocycles. The summed E-state index contributed by atoms with van der Waals surface area (Å²) < 4.78 is 50.1. The predicted octanol–water partition coefficient (Wildman–Crippen LogP) is 4.01. The van der Waals surface area contributed by atoms with E-state index in [0.717, 1.165) is 27.7 Å². The quantitative estimate of drug-likeness (QED) is 0.162. The van der Waals surface area contributed by atoms with E-state index in [-0.39, 0.29) is 22.0 Å². The second-order valence-electron chi connectivity index (χ2n) is 10.2. The Bertz CT molecular complexity index is 1770. The van der Waals surface area contributed by atoms with Crippen molar-refractivity contribution >= 4 is 51.5 Å². The lowest BCUT2D eigenvalue weighted by Gasteiger charge is -2.44. The summed E-state index contributed by atoms with van der Waals surface area (Å²) in [5.74, 6) is -4.28. The molecule has 0 bridgehead atoms. The minimum Gasteiger partial charge on any atom is -0.464 e. The van der Waals surface area contributed by atoms with Gasteiger partial charge in [0.1, 0.15) is 24.1 Å². The minimum atomic E-state index is -1.46. The van der Waals surface area contributed by atoms with E-state index in [1.54, 1.807) is 24.3 Å². The van der Waals surface area contributed by atoms with Crippen LogP contribution >= 0.6 is 0 Å².